The van der Waals surface area contributed by atoms with Gasteiger partial charge >= 0.3 is 29.6 Å². The summed E-state index contributed by atoms with van der Waals surface area (Å²) in [6, 6.07) is 0. The molecule has 0 rings (SSSR count). The second-order valence-corrected chi connectivity index (χ2v) is 2.96. The third-order valence-corrected chi connectivity index (χ3v) is 1.33. The Bertz CT molecular complexity index is 143. The molecule has 9 heavy (non-hydrogen) atoms. The number of hydrogen-bond donors (Lipinski definition) is 2. The topological polar surface area (TPSA) is 66.4 Å². The molecule has 0 amide bonds. The van der Waals surface area contributed by atoms with Crippen molar-refractivity contribution < 1.29 is 13.0 Å². The fourth-order valence-electron chi connectivity index (χ4n) is 0.231. The fourth-order valence-corrected chi connectivity index (χ4v) is 0.693. The van der Waals surface area contributed by atoms with Crippen LogP contribution >= 0.6 is 0 Å². The van der Waals surface area contributed by atoms with Gasteiger partial charge in [-0.05, 0) is 7.05 Å². The first-order valence-electron chi connectivity index (χ1n) is 2.16. The van der Waals surface area contributed by atoms with Crippen molar-refractivity contribution in [1.82, 2.24) is 5.32 Å². The van der Waals surface area contributed by atoms with Gasteiger partial charge in [0.2, 0.25) is 0 Å². The monoisotopic (exact) mass is 163 g/mol. The quantitative estimate of drug-likeness (QED) is 0.390. The molecule has 0 saturated heterocycles. The minimum absolute atomic E-state index is 0. The third-order valence-electron chi connectivity index (χ3n) is 0.610. The Kier molecular flexibility index (Phi) is 7.86. The van der Waals surface area contributed by atoms with Gasteiger partial charge in [0.25, 0.3) is 10.1 Å². The molecule has 0 bridgehead atoms. The number of rotatable bonds is 3. The van der Waals surface area contributed by atoms with Crippen molar-refractivity contribution in [2.24, 2.45) is 0 Å². The molecule has 0 spiro atoms. The Morgan fingerprint density at radius 3 is 2.11 bits per heavy atom. The van der Waals surface area contributed by atoms with E-state index in [0.717, 1.165) is 0 Å². The summed E-state index contributed by atoms with van der Waals surface area (Å²) in [5, 5.41) is 2.59. The Morgan fingerprint density at radius 2 is 2.00 bits per heavy atom. The van der Waals surface area contributed by atoms with E-state index in [9.17, 15) is 8.42 Å². The molecule has 52 valence electrons. The van der Waals surface area contributed by atoms with Crippen molar-refractivity contribution in [3.8, 4) is 0 Å². The Labute approximate surface area is 77.1 Å². The zero-order valence-corrected chi connectivity index (χ0v) is 5.40. The maximum absolute atomic E-state index is 9.91. The predicted molar refractivity (Wildman–Crippen MR) is 37.5 cm³/mol. The van der Waals surface area contributed by atoms with Crippen LogP contribution in [-0.2, 0) is 10.1 Å². The van der Waals surface area contributed by atoms with Crippen LogP contribution in [0.4, 0.5) is 0 Å². The molecule has 0 aliphatic heterocycles. The molecule has 0 aliphatic rings. The summed E-state index contributed by atoms with van der Waals surface area (Å²) in [4.78, 5) is 0. The van der Waals surface area contributed by atoms with Crippen LogP contribution in [0.5, 0.6) is 0 Å². The van der Waals surface area contributed by atoms with E-state index in [1.807, 2.05) is 0 Å². The Morgan fingerprint density at radius 1 is 1.56 bits per heavy atom. The number of hydrogen-bond acceptors (Lipinski definition) is 3. The summed E-state index contributed by atoms with van der Waals surface area (Å²) in [7, 11) is -2.13. The predicted octanol–water partition coefficient (Wildman–Crippen LogP) is -1.55. The number of nitrogens with one attached hydrogen (secondary N) is 1. The molecule has 0 saturated carbocycles. The summed E-state index contributed by atoms with van der Waals surface area (Å²) in [5.41, 5.74) is 0. The standard InChI is InChI=1S/C3H9NO3S.Na.H/c1-4-2-3-8(5,6)7;;/h4H,2-3H2,1H3,(H,5,6,7);;. The van der Waals surface area contributed by atoms with Crippen LogP contribution in [0.3, 0.4) is 0 Å². The van der Waals surface area contributed by atoms with Crippen molar-refractivity contribution in [1.29, 1.82) is 0 Å². The van der Waals surface area contributed by atoms with Crippen molar-refractivity contribution >= 4 is 39.7 Å². The van der Waals surface area contributed by atoms with E-state index in [-0.39, 0.29) is 35.3 Å². The van der Waals surface area contributed by atoms with Crippen LogP contribution in [0.25, 0.3) is 0 Å². The van der Waals surface area contributed by atoms with E-state index >= 15 is 0 Å². The van der Waals surface area contributed by atoms with E-state index in [0.29, 0.717) is 6.54 Å². The van der Waals surface area contributed by atoms with E-state index < -0.39 is 10.1 Å². The summed E-state index contributed by atoms with van der Waals surface area (Å²) in [5.74, 6) is -0.219. The van der Waals surface area contributed by atoms with Gasteiger partial charge in [0, 0.05) is 6.54 Å². The summed E-state index contributed by atoms with van der Waals surface area (Å²) >= 11 is 0. The van der Waals surface area contributed by atoms with Gasteiger partial charge in [-0.2, -0.15) is 8.42 Å². The molecule has 0 atom stereocenters. The summed E-state index contributed by atoms with van der Waals surface area (Å²) < 4.78 is 27.9. The first-order valence-corrected chi connectivity index (χ1v) is 3.77. The molecule has 0 heterocycles. The molecule has 0 aromatic rings. The first-order chi connectivity index (χ1) is 3.56. The molecule has 4 nitrogen and oxygen atoms in total. The van der Waals surface area contributed by atoms with Crippen molar-refractivity contribution in [2.75, 3.05) is 19.3 Å². The van der Waals surface area contributed by atoms with Gasteiger partial charge in [-0.25, -0.2) is 0 Å². The van der Waals surface area contributed by atoms with Gasteiger partial charge in [-0.1, -0.05) is 0 Å². The zero-order chi connectivity index (χ0) is 6.62. The average Bonchev–Trinajstić information content (AvgIpc) is 1.59. The van der Waals surface area contributed by atoms with E-state index in [1.165, 1.54) is 0 Å². The van der Waals surface area contributed by atoms with Crippen LogP contribution in [0.15, 0.2) is 0 Å². The van der Waals surface area contributed by atoms with Crippen LogP contribution < -0.4 is 5.32 Å². The Hall–Kier alpha value is 0.870. The van der Waals surface area contributed by atoms with Crippen LogP contribution in [-0.4, -0.2) is 61.9 Å². The average molecular weight is 163 g/mol. The molecule has 0 aliphatic carbocycles. The fraction of sp³-hybridized carbons (Fsp3) is 1.00. The second kappa shape index (κ2) is 5.64. The van der Waals surface area contributed by atoms with Crippen molar-refractivity contribution in [3.05, 3.63) is 0 Å². The van der Waals surface area contributed by atoms with E-state index in [4.69, 9.17) is 4.55 Å². The third kappa shape index (κ3) is 12.1. The van der Waals surface area contributed by atoms with Gasteiger partial charge in [0.1, 0.15) is 0 Å². The summed E-state index contributed by atoms with van der Waals surface area (Å²) in [6.07, 6.45) is 0. The molecule has 0 aromatic heterocycles. The summed E-state index contributed by atoms with van der Waals surface area (Å²) in [6.45, 7) is 0.291. The molecule has 6 heteroatoms. The maximum atomic E-state index is 9.91. The zero-order valence-electron chi connectivity index (χ0n) is 4.59. The first kappa shape index (κ1) is 12.5. The molecule has 0 fully saturated rings. The Balaban J connectivity index is 0. The SMILES string of the molecule is CNCCS(=O)(=O)O.[NaH]. The van der Waals surface area contributed by atoms with Crippen molar-refractivity contribution in [3.63, 3.8) is 0 Å². The molecular weight excluding hydrogens is 153 g/mol. The molecule has 0 radical (unpaired) electrons. The van der Waals surface area contributed by atoms with Gasteiger partial charge in [-0.3, -0.25) is 4.55 Å². The van der Waals surface area contributed by atoms with E-state index in [1.54, 1.807) is 7.05 Å². The minimum atomic E-state index is -3.75. The van der Waals surface area contributed by atoms with Gasteiger partial charge < -0.3 is 5.32 Å². The van der Waals surface area contributed by atoms with Crippen molar-refractivity contribution in [2.45, 2.75) is 0 Å². The van der Waals surface area contributed by atoms with Crippen LogP contribution in [0.2, 0.25) is 0 Å². The van der Waals surface area contributed by atoms with Crippen LogP contribution in [0, 0.1) is 0 Å². The van der Waals surface area contributed by atoms with Gasteiger partial charge in [0.15, 0.2) is 0 Å². The van der Waals surface area contributed by atoms with Gasteiger partial charge in [-0.15, -0.1) is 0 Å². The normalized spacial score (nSPS) is 10.4. The van der Waals surface area contributed by atoms with E-state index in [2.05, 4.69) is 5.32 Å². The molecular formula is C3H10NNaO3S. The van der Waals surface area contributed by atoms with Gasteiger partial charge in [0.05, 0.1) is 5.75 Å². The molecule has 0 aromatic carbocycles. The molecule has 2 N–H and O–H groups in total. The second-order valence-electron chi connectivity index (χ2n) is 1.39. The molecule has 0 unspecified atom stereocenters. The van der Waals surface area contributed by atoms with Crippen LogP contribution in [0.1, 0.15) is 0 Å².